The third-order valence-corrected chi connectivity index (χ3v) is 6.02. The average Bonchev–Trinajstić information content (AvgIpc) is 3.05. The van der Waals surface area contributed by atoms with Crippen LogP contribution in [0.25, 0.3) is 0 Å². The molecule has 114 valence electrons. The number of hydrogen-bond donors (Lipinski definition) is 1. The van der Waals surface area contributed by atoms with E-state index in [-0.39, 0.29) is 6.04 Å². The van der Waals surface area contributed by atoms with Crippen LogP contribution in [0.5, 0.6) is 0 Å². The van der Waals surface area contributed by atoms with E-state index in [0.717, 1.165) is 25.1 Å². The van der Waals surface area contributed by atoms with Crippen LogP contribution >= 0.6 is 0 Å². The van der Waals surface area contributed by atoms with Crippen LogP contribution in [-0.2, 0) is 23.1 Å². The van der Waals surface area contributed by atoms with Gasteiger partial charge in [0, 0.05) is 37.6 Å². The number of rotatable bonds is 5. The van der Waals surface area contributed by atoms with Gasteiger partial charge in [-0.05, 0) is 31.7 Å². The number of aryl methyl sites for hydroxylation is 1. The molecule has 0 radical (unpaired) electrons. The molecule has 2 N–H and O–H groups in total. The van der Waals surface area contributed by atoms with Gasteiger partial charge in [0.05, 0.1) is 0 Å². The lowest BCUT2D eigenvalue weighted by atomic mass is 10.0. The molecule has 20 heavy (non-hydrogen) atoms. The Morgan fingerprint density at radius 3 is 2.65 bits per heavy atom. The topological polar surface area (TPSA) is 68.3 Å². The molecule has 1 atom stereocenters. The maximum absolute atomic E-state index is 12.8. The smallest absolute Gasteiger partial charge is 0.244 e. The van der Waals surface area contributed by atoms with Crippen molar-refractivity contribution >= 4 is 10.0 Å². The van der Waals surface area contributed by atoms with Gasteiger partial charge in [0.25, 0.3) is 0 Å². The summed E-state index contributed by atoms with van der Waals surface area (Å²) in [6.07, 6.45) is 3.61. The van der Waals surface area contributed by atoms with Crippen LogP contribution in [0.1, 0.15) is 39.3 Å². The Bertz CT molecular complexity index is 541. The summed E-state index contributed by atoms with van der Waals surface area (Å²) in [6, 6.07) is 1.83. The Balaban J connectivity index is 2.37. The lowest BCUT2D eigenvalue weighted by Crippen LogP contribution is -2.38. The summed E-state index contributed by atoms with van der Waals surface area (Å²) in [6.45, 7) is 7.87. The van der Waals surface area contributed by atoms with E-state index in [0.29, 0.717) is 23.9 Å². The van der Waals surface area contributed by atoms with Crippen molar-refractivity contribution in [3.05, 3.63) is 18.0 Å². The van der Waals surface area contributed by atoms with Gasteiger partial charge in [-0.1, -0.05) is 13.8 Å². The van der Waals surface area contributed by atoms with Gasteiger partial charge >= 0.3 is 0 Å². The molecule has 0 spiro atoms. The Labute approximate surface area is 121 Å². The molecule has 0 saturated carbocycles. The molecule has 1 aromatic rings. The number of nitrogens with two attached hydrogens (primary N) is 1. The molecule has 1 saturated heterocycles. The molecule has 1 aromatic heterocycles. The van der Waals surface area contributed by atoms with Gasteiger partial charge in [-0.15, -0.1) is 0 Å². The van der Waals surface area contributed by atoms with E-state index in [1.807, 2.05) is 11.5 Å². The summed E-state index contributed by atoms with van der Waals surface area (Å²) in [4.78, 5) is 0.382. The predicted molar refractivity (Wildman–Crippen MR) is 79.7 cm³/mol. The molecular weight excluding hydrogens is 274 g/mol. The Morgan fingerprint density at radius 1 is 1.45 bits per heavy atom. The third-order valence-electron chi connectivity index (χ3n) is 4.14. The number of nitrogens with zero attached hydrogens (tertiary/aromatic N) is 2. The molecule has 0 bridgehead atoms. The van der Waals surface area contributed by atoms with Crippen molar-refractivity contribution in [3.63, 3.8) is 0 Å². The van der Waals surface area contributed by atoms with Crippen molar-refractivity contribution in [3.8, 4) is 0 Å². The van der Waals surface area contributed by atoms with Crippen molar-refractivity contribution in [2.75, 3.05) is 6.54 Å². The lowest BCUT2D eigenvalue weighted by Gasteiger charge is -2.26. The fourth-order valence-corrected chi connectivity index (χ4v) is 4.89. The molecule has 2 rings (SSSR count). The van der Waals surface area contributed by atoms with Crippen LogP contribution in [0, 0.1) is 5.92 Å². The first-order valence-electron chi connectivity index (χ1n) is 7.32. The van der Waals surface area contributed by atoms with Gasteiger partial charge in [0.2, 0.25) is 10.0 Å². The fraction of sp³-hybridized carbons (Fsp3) is 0.714. The first-order valence-corrected chi connectivity index (χ1v) is 8.76. The molecule has 1 unspecified atom stereocenters. The van der Waals surface area contributed by atoms with E-state index in [4.69, 9.17) is 5.73 Å². The molecular formula is C14H25N3O2S. The molecule has 1 fully saturated rings. The van der Waals surface area contributed by atoms with E-state index < -0.39 is 10.0 Å². The zero-order chi connectivity index (χ0) is 14.9. The van der Waals surface area contributed by atoms with Crippen LogP contribution < -0.4 is 5.73 Å². The predicted octanol–water partition coefficient (Wildman–Crippen LogP) is 1.78. The molecule has 2 heterocycles. The quantitative estimate of drug-likeness (QED) is 0.901. The Hall–Kier alpha value is -0.850. The molecule has 0 aliphatic carbocycles. The minimum atomic E-state index is -3.40. The lowest BCUT2D eigenvalue weighted by molar-refractivity contribution is 0.315. The monoisotopic (exact) mass is 299 g/mol. The minimum Gasteiger partial charge on any atom is -0.349 e. The molecule has 1 aliphatic rings. The minimum absolute atomic E-state index is 0.117. The average molecular weight is 299 g/mol. The van der Waals surface area contributed by atoms with Crippen molar-refractivity contribution in [2.45, 2.75) is 57.6 Å². The van der Waals surface area contributed by atoms with Gasteiger partial charge < -0.3 is 10.3 Å². The number of aromatic nitrogens is 1. The van der Waals surface area contributed by atoms with E-state index in [1.54, 1.807) is 16.6 Å². The van der Waals surface area contributed by atoms with E-state index >= 15 is 0 Å². The molecule has 1 aliphatic heterocycles. The summed E-state index contributed by atoms with van der Waals surface area (Å²) < 4.78 is 29.2. The zero-order valence-corrected chi connectivity index (χ0v) is 13.4. The Morgan fingerprint density at radius 2 is 2.15 bits per heavy atom. The normalized spacial score (nSPS) is 20.9. The number of hydrogen-bond acceptors (Lipinski definition) is 3. The number of sulfonamides is 1. The summed E-state index contributed by atoms with van der Waals surface area (Å²) in [7, 11) is -3.40. The van der Waals surface area contributed by atoms with Crippen LogP contribution in [0.3, 0.4) is 0 Å². The van der Waals surface area contributed by atoms with Gasteiger partial charge in [0.1, 0.15) is 4.90 Å². The highest BCUT2D eigenvalue weighted by Crippen LogP contribution is 2.30. The summed E-state index contributed by atoms with van der Waals surface area (Å²) in [5, 5.41) is 0. The van der Waals surface area contributed by atoms with Crippen molar-refractivity contribution in [2.24, 2.45) is 11.7 Å². The van der Waals surface area contributed by atoms with Crippen LogP contribution in [0.15, 0.2) is 17.2 Å². The van der Waals surface area contributed by atoms with Crippen LogP contribution in [0.4, 0.5) is 0 Å². The van der Waals surface area contributed by atoms with Gasteiger partial charge in [-0.3, -0.25) is 0 Å². The van der Waals surface area contributed by atoms with Crippen molar-refractivity contribution < 1.29 is 8.42 Å². The van der Waals surface area contributed by atoms with Crippen molar-refractivity contribution in [1.82, 2.24) is 8.87 Å². The van der Waals surface area contributed by atoms with Gasteiger partial charge in [0.15, 0.2) is 0 Å². The highest BCUT2D eigenvalue weighted by atomic mass is 32.2. The second-order valence-electron chi connectivity index (χ2n) is 5.73. The second-order valence-corrected chi connectivity index (χ2v) is 7.62. The molecule has 0 amide bonds. The standard InChI is InChI=1S/C14H25N3O2S/c1-4-16-10-13(8-12(16)9-15)20(18,19)17-7-5-6-14(17)11(2)3/h8,10-11,14H,4-7,9,15H2,1-3H3. The second kappa shape index (κ2) is 5.87. The first kappa shape index (κ1) is 15.5. The van der Waals surface area contributed by atoms with Gasteiger partial charge in [-0.25, -0.2) is 8.42 Å². The van der Waals surface area contributed by atoms with E-state index in [9.17, 15) is 8.42 Å². The highest BCUT2D eigenvalue weighted by molar-refractivity contribution is 7.89. The zero-order valence-electron chi connectivity index (χ0n) is 12.5. The largest absolute Gasteiger partial charge is 0.349 e. The molecule has 6 heteroatoms. The maximum Gasteiger partial charge on any atom is 0.244 e. The van der Waals surface area contributed by atoms with E-state index in [1.165, 1.54) is 0 Å². The van der Waals surface area contributed by atoms with Gasteiger partial charge in [-0.2, -0.15) is 4.31 Å². The summed E-state index contributed by atoms with van der Waals surface area (Å²) in [5.41, 5.74) is 6.55. The SMILES string of the molecule is CCn1cc(S(=O)(=O)N2CCCC2C(C)C)cc1CN. The molecule has 0 aromatic carbocycles. The van der Waals surface area contributed by atoms with Crippen LogP contribution in [-0.4, -0.2) is 29.9 Å². The summed E-state index contributed by atoms with van der Waals surface area (Å²) >= 11 is 0. The fourth-order valence-electron chi connectivity index (χ4n) is 3.00. The maximum atomic E-state index is 12.8. The van der Waals surface area contributed by atoms with E-state index in [2.05, 4.69) is 13.8 Å². The van der Waals surface area contributed by atoms with Crippen LogP contribution in [0.2, 0.25) is 0 Å². The third kappa shape index (κ3) is 2.64. The first-order chi connectivity index (χ1) is 9.41. The molecule has 5 nitrogen and oxygen atoms in total. The summed E-state index contributed by atoms with van der Waals surface area (Å²) in [5.74, 6) is 0.342. The highest BCUT2D eigenvalue weighted by Gasteiger charge is 2.37. The van der Waals surface area contributed by atoms with Crippen molar-refractivity contribution in [1.29, 1.82) is 0 Å². The Kier molecular flexibility index (Phi) is 4.56.